The standard InChI is InChI=1S/C12H8ClF3N4O2.C8H4F3NO2.C4H4ClN3/c13-9-5-6-17-10(19-9)20-11(21)18-7-1-3-8(4-2-7)22-12(14,15)16;9-8(10,11)14-7-3-1-6(2-4-7)12-5-13;5-3-1-2-7-4(6)8-3/h1-6H,(H2,17,18,19,20,21);1-4H;1-2H,(H2,6,7,8). The zero-order valence-electron chi connectivity index (χ0n) is 21.4. The molecule has 4 N–H and O–H groups in total. The van der Waals surface area contributed by atoms with E-state index in [0.717, 1.165) is 24.3 Å². The van der Waals surface area contributed by atoms with Crippen molar-refractivity contribution in [1.29, 1.82) is 0 Å². The Balaban J connectivity index is 0.000000260. The minimum Gasteiger partial charge on any atom is -0.406 e. The number of hydrogen-bond donors (Lipinski definition) is 3. The van der Waals surface area contributed by atoms with Gasteiger partial charge in [0.2, 0.25) is 18.0 Å². The molecule has 2 amide bonds. The zero-order chi connectivity index (χ0) is 32.8. The number of amides is 2. The summed E-state index contributed by atoms with van der Waals surface area (Å²) in [7, 11) is 0. The highest BCUT2D eigenvalue weighted by atomic mass is 35.5. The summed E-state index contributed by atoms with van der Waals surface area (Å²) in [6, 6.07) is 11.5. The SMILES string of the molecule is Nc1nccc(Cl)n1.O=C(Nc1ccc(OC(F)(F)F)cc1)Nc1nccc(Cl)n1.O=C=Nc1ccc(OC(F)(F)F)cc1. The van der Waals surface area contributed by atoms with Gasteiger partial charge >= 0.3 is 18.8 Å². The summed E-state index contributed by atoms with van der Waals surface area (Å²) < 4.78 is 78.3. The third-order valence-electron chi connectivity index (χ3n) is 4.08. The number of anilines is 3. The van der Waals surface area contributed by atoms with Crippen LogP contribution in [0.25, 0.3) is 0 Å². The summed E-state index contributed by atoms with van der Waals surface area (Å²) >= 11 is 11.0. The highest BCUT2D eigenvalue weighted by Crippen LogP contribution is 2.25. The van der Waals surface area contributed by atoms with Crippen molar-refractivity contribution in [2.45, 2.75) is 12.7 Å². The number of nitrogens with two attached hydrogens (primary N) is 1. The van der Waals surface area contributed by atoms with Gasteiger partial charge in [0.25, 0.3) is 0 Å². The predicted octanol–water partition coefficient (Wildman–Crippen LogP) is 6.94. The molecule has 0 spiro atoms. The molecular formula is C24H16Cl2F6N8O4. The van der Waals surface area contributed by atoms with Crippen molar-refractivity contribution < 1.29 is 45.4 Å². The van der Waals surface area contributed by atoms with Crippen LogP contribution in [0, 0.1) is 0 Å². The second-order valence-corrected chi connectivity index (χ2v) is 8.11. The lowest BCUT2D eigenvalue weighted by Crippen LogP contribution is -2.21. The number of rotatable bonds is 5. The molecule has 2 heterocycles. The molecule has 0 fully saturated rings. The maximum absolute atomic E-state index is 12.0. The van der Waals surface area contributed by atoms with Gasteiger partial charge in [-0.25, -0.2) is 29.5 Å². The fourth-order valence-corrected chi connectivity index (χ4v) is 2.81. The fraction of sp³-hybridized carbons (Fsp3) is 0.0833. The predicted molar refractivity (Wildman–Crippen MR) is 145 cm³/mol. The molecule has 0 aliphatic heterocycles. The van der Waals surface area contributed by atoms with Crippen LogP contribution in [0.4, 0.5) is 54.4 Å². The molecule has 0 bridgehead atoms. The van der Waals surface area contributed by atoms with Crippen molar-refractivity contribution in [1.82, 2.24) is 19.9 Å². The molecule has 2 aromatic carbocycles. The topological polar surface area (TPSA) is 167 Å². The van der Waals surface area contributed by atoms with Crippen molar-refractivity contribution in [3.63, 3.8) is 0 Å². The molecule has 0 aliphatic rings. The number of aromatic nitrogens is 4. The smallest absolute Gasteiger partial charge is 0.406 e. The summed E-state index contributed by atoms with van der Waals surface area (Å²) in [6.07, 6.45) is -5.36. The number of ether oxygens (including phenoxy) is 2. The molecule has 232 valence electrons. The first kappa shape index (κ1) is 35.0. The summed E-state index contributed by atoms with van der Waals surface area (Å²) in [5.74, 6) is -0.557. The van der Waals surface area contributed by atoms with Gasteiger partial charge in [0.05, 0.1) is 5.69 Å². The average Bonchev–Trinajstić information content (AvgIpc) is 2.90. The van der Waals surface area contributed by atoms with E-state index in [-0.39, 0.29) is 34.2 Å². The molecule has 0 radical (unpaired) electrons. The number of carbonyl (C=O) groups is 1. The van der Waals surface area contributed by atoms with E-state index >= 15 is 0 Å². The van der Waals surface area contributed by atoms with Crippen molar-refractivity contribution in [3.05, 3.63) is 83.4 Å². The van der Waals surface area contributed by atoms with Crippen LogP contribution in [-0.4, -0.2) is 44.8 Å². The lowest BCUT2D eigenvalue weighted by atomic mass is 10.3. The van der Waals surface area contributed by atoms with Gasteiger partial charge in [-0.15, -0.1) is 26.3 Å². The number of alkyl halides is 6. The Bertz CT molecular complexity index is 1540. The third-order valence-corrected chi connectivity index (χ3v) is 4.50. The fourth-order valence-electron chi connectivity index (χ4n) is 2.53. The average molecular weight is 665 g/mol. The number of halogens is 8. The second kappa shape index (κ2) is 16.4. The lowest BCUT2D eigenvalue weighted by molar-refractivity contribution is -0.275. The number of nitrogens with one attached hydrogen (secondary N) is 2. The van der Waals surface area contributed by atoms with Crippen LogP contribution in [0.5, 0.6) is 11.5 Å². The molecule has 2 aromatic heterocycles. The zero-order valence-corrected chi connectivity index (χ0v) is 22.9. The number of urea groups is 1. The van der Waals surface area contributed by atoms with Crippen LogP contribution in [0.2, 0.25) is 10.3 Å². The van der Waals surface area contributed by atoms with E-state index in [1.165, 1.54) is 48.8 Å². The molecule has 0 saturated carbocycles. The monoisotopic (exact) mass is 664 g/mol. The van der Waals surface area contributed by atoms with E-state index < -0.39 is 24.5 Å². The summed E-state index contributed by atoms with van der Waals surface area (Å²) in [5, 5.41) is 5.23. The van der Waals surface area contributed by atoms with Crippen molar-refractivity contribution in [3.8, 4) is 11.5 Å². The molecule has 4 aromatic rings. The first-order valence-electron chi connectivity index (χ1n) is 11.2. The molecular weight excluding hydrogens is 649 g/mol. The van der Waals surface area contributed by atoms with E-state index in [4.69, 9.17) is 28.9 Å². The Kier molecular flexibility index (Phi) is 13.1. The molecule has 4 rings (SSSR count). The van der Waals surface area contributed by atoms with Crippen molar-refractivity contribution in [2.24, 2.45) is 4.99 Å². The Morgan fingerprint density at radius 1 is 0.773 bits per heavy atom. The number of benzene rings is 2. The Hall–Kier alpha value is -5.19. The number of nitrogens with zero attached hydrogens (tertiary/aromatic N) is 5. The van der Waals surface area contributed by atoms with Gasteiger partial charge in [-0.05, 0) is 60.7 Å². The maximum atomic E-state index is 12.0. The van der Waals surface area contributed by atoms with Crippen molar-refractivity contribution in [2.75, 3.05) is 16.4 Å². The molecule has 20 heteroatoms. The molecule has 0 saturated heterocycles. The normalized spacial score (nSPS) is 10.5. The summed E-state index contributed by atoms with van der Waals surface area (Å²) in [6.45, 7) is 0. The number of isocyanates is 1. The lowest BCUT2D eigenvalue weighted by Gasteiger charge is -2.10. The van der Waals surface area contributed by atoms with Crippen LogP contribution >= 0.6 is 23.2 Å². The van der Waals surface area contributed by atoms with Crippen molar-refractivity contribution >= 4 is 58.6 Å². The Morgan fingerprint density at radius 3 is 1.70 bits per heavy atom. The minimum atomic E-state index is -4.77. The highest BCUT2D eigenvalue weighted by molar-refractivity contribution is 6.29. The van der Waals surface area contributed by atoms with Gasteiger partial charge in [0, 0.05) is 18.1 Å². The van der Waals surface area contributed by atoms with E-state index in [2.05, 4.69) is 45.0 Å². The number of hydrogen-bond acceptors (Lipinski definition) is 10. The number of aliphatic imine (C=N–C) groups is 1. The second-order valence-electron chi connectivity index (χ2n) is 7.34. The van der Waals surface area contributed by atoms with Gasteiger partial charge in [0.1, 0.15) is 21.8 Å². The highest BCUT2D eigenvalue weighted by Gasteiger charge is 2.31. The van der Waals surface area contributed by atoms with E-state index in [0.29, 0.717) is 5.15 Å². The number of carbonyl (C=O) groups excluding carboxylic acids is 2. The minimum absolute atomic E-state index is 0.0120. The van der Waals surface area contributed by atoms with Gasteiger partial charge in [-0.1, -0.05) is 23.2 Å². The van der Waals surface area contributed by atoms with Gasteiger partial charge in [-0.2, -0.15) is 4.99 Å². The van der Waals surface area contributed by atoms with Crippen LogP contribution in [0.1, 0.15) is 0 Å². The Morgan fingerprint density at radius 2 is 1.27 bits per heavy atom. The third kappa shape index (κ3) is 15.2. The summed E-state index contributed by atoms with van der Waals surface area (Å²) in [4.78, 5) is 39.4. The molecule has 0 atom stereocenters. The quantitative estimate of drug-likeness (QED) is 0.0886. The molecule has 0 unspecified atom stereocenters. The first-order chi connectivity index (χ1) is 20.6. The molecule has 44 heavy (non-hydrogen) atoms. The maximum Gasteiger partial charge on any atom is 0.573 e. The Labute approximate surface area is 252 Å². The molecule has 12 nitrogen and oxygen atoms in total. The van der Waals surface area contributed by atoms with Crippen LogP contribution in [0.15, 0.2) is 78.0 Å². The van der Waals surface area contributed by atoms with Gasteiger partial charge in [-0.3, -0.25) is 5.32 Å². The van der Waals surface area contributed by atoms with Gasteiger partial charge < -0.3 is 20.5 Å². The van der Waals surface area contributed by atoms with Crippen LogP contribution < -0.4 is 25.8 Å². The summed E-state index contributed by atoms with van der Waals surface area (Å²) in [5.41, 5.74) is 5.63. The largest absolute Gasteiger partial charge is 0.573 e. The molecule has 0 aliphatic carbocycles. The van der Waals surface area contributed by atoms with E-state index in [9.17, 15) is 35.9 Å². The van der Waals surface area contributed by atoms with E-state index in [1.54, 1.807) is 6.07 Å². The number of nitrogen functional groups attached to an aromatic ring is 1. The van der Waals surface area contributed by atoms with Crippen LogP contribution in [-0.2, 0) is 4.79 Å². The van der Waals surface area contributed by atoms with Gasteiger partial charge in [0.15, 0.2) is 0 Å². The van der Waals surface area contributed by atoms with E-state index in [1.807, 2.05) is 0 Å². The van der Waals surface area contributed by atoms with Crippen LogP contribution in [0.3, 0.4) is 0 Å². The first-order valence-corrected chi connectivity index (χ1v) is 12.0.